The van der Waals surface area contributed by atoms with Gasteiger partial charge in [-0.05, 0) is 26.8 Å². The topological polar surface area (TPSA) is 79.1 Å². The van der Waals surface area contributed by atoms with Crippen molar-refractivity contribution in [3.8, 4) is 0 Å². The zero-order chi connectivity index (χ0) is 14.3. The van der Waals surface area contributed by atoms with E-state index in [0.29, 0.717) is 11.9 Å². The van der Waals surface area contributed by atoms with E-state index >= 15 is 0 Å². The second-order valence-corrected chi connectivity index (χ2v) is 4.71. The number of likely N-dealkylation sites (N-methyl/N-ethyl adjacent to an activating group) is 1. The summed E-state index contributed by atoms with van der Waals surface area (Å²) >= 11 is 0. The molecule has 0 aliphatic carbocycles. The Morgan fingerprint density at radius 3 is 2.58 bits per heavy atom. The van der Waals surface area contributed by atoms with E-state index in [2.05, 4.69) is 53.4 Å². The van der Waals surface area contributed by atoms with Gasteiger partial charge in [-0.3, -0.25) is 0 Å². The molecule has 1 atom stereocenters. The van der Waals surface area contributed by atoms with Crippen molar-refractivity contribution in [1.82, 2.24) is 14.9 Å². The summed E-state index contributed by atoms with van der Waals surface area (Å²) in [5.74, 6) is 7.01. The molecule has 6 nitrogen and oxygen atoms in total. The van der Waals surface area contributed by atoms with Gasteiger partial charge in [0.1, 0.15) is 18.0 Å². The fourth-order valence-electron chi connectivity index (χ4n) is 1.91. The van der Waals surface area contributed by atoms with Gasteiger partial charge in [-0.25, -0.2) is 15.8 Å². The van der Waals surface area contributed by atoms with Gasteiger partial charge in [-0.15, -0.1) is 0 Å². The minimum Gasteiger partial charge on any atom is -0.368 e. The first kappa shape index (κ1) is 15.7. The maximum absolute atomic E-state index is 5.45. The molecule has 0 aliphatic rings. The number of hydrogen-bond acceptors (Lipinski definition) is 6. The molecule has 0 amide bonds. The minimum absolute atomic E-state index is 0.596. The van der Waals surface area contributed by atoms with E-state index in [0.717, 1.165) is 37.3 Å². The highest BCUT2D eigenvalue weighted by atomic mass is 15.3. The molecule has 1 unspecified atom stereocenters. The van der Waals surface area contributed by atoms with Crippen LogP contribution in [-0.2, 0) is 6.42 Å². The number of nitrogens with one attached hydrogen (secondary N) is 2. The third-order valence-corrected chi connectivity index (χ3v) is 3.54. The van der Waals surface area contributed by atoms with Crippen LogP contribution in [0.4, 0.5) is 11.6 Å². The third-order valence-electron chi connectivity index (χ3n) is 3.54. The molecule has 4 N–H and O–H groups in total. The van der Waals surface area contributed by atoms with Crippen LogP contribution < -0.4 is 16.6 Å². The van der Waals surface area contributed by atoms with Crippen molar-refractivity contribution in [3.05, 3.63) is 11.9 Å². The van der Waals surface area contributed by atoms with Crippen LogP contribution in [0, 0.1) is 0 Å². The van der Waals surface area contributed by atoms with Gasteiger partial charge in [0.05, 0.1) is 0 Å². The van der Waals surface area contributed by atoms with Gasteiger partial charge in [0, 0.05) is 24.7 Å². The summed E-state index contributed by atoms with van der Waals surface area (Å²) in [6, 6.07) is 0.596. The van der Waals surface area contributed by atoms with E-state index in [1.807, 2.05) is 0 Å². The average Bonchev–Trinajstić information content (AvgIpc) is 2.45. The van der Waals surface area contributed by atoms with Crippen molar-refractivity contribution >= 4 is 11.6 Å². The molecule has 0 saturated carbocycles. The van der Waals surface area contributed by atoms with Crippen molar-refractivity contribution in [3.63, 3.8) is 0 Å². The monoisotopic (exact) mass is 266 g/mol. The van der Waals surface area contributed by atoms with Crippen LogP contribution >= 0.6 is 0 Å². The number of hydrogen-bond donors (Lipinski definition) is 3. The Kier molecular flexibility index (Phi) is 6.52. The summed E-state index contributed by atoms with van der Waals surface area (Å²) in [4.78, 5) is 10.7. The SMILES string of the molecule is CCc1c(NN)ncnc1NCCN(C)C(C)CC. The van der Waals surface area contributed by atoms with Gasteiger partial charge in [-0.2, -0.15) is 0 Å². The zero-order valence-electron chi connectivity index (χ0n) is 12.4. The molecule has 0 radical (unpaired) electrons. The molecule has 0 aromatic carbocycles. The van der Waals surface area contributed by atoms with Gasteiger partial charge >= 0.3 is 0 Å². The molecule has 0 spiro atoms. The molecule has 0 fully saturated rings. The lowest BCUT2D eigenvalue weighted by atomic mass is 10.2. The minimum atomic E-state index is 0.596. The van der Waals surface area contributed by atoms with Crippen molar-refractivity contribution in [1.29, 1.82) is 0 Å². The van der Waals surface area contributed by atoms with Crippen molar-refractivity contribution in [2.24, 2.45) is 5.84 Å². The van der Waals surface area contributed by atoms with Crippen molar-refractivity contribution in [2.75, 3.05) is 30.9 Å². The van der Waals surface area contributed by atoms with E-state index in [9.17, 15) is 0 Å². The largest absolute Gasteiger partial charge is 0.368 e. The fraction of sp³-hybridized carbons (Fsp3) is 0.692. The Morgan fingerprint density at radius 2 is 2.00 bits per heavy atom. The lowest BCUT2D eigenvalue weighted by Gasteiger charge is -2.23. The number of anilines is 2. The average molecular weight is 266 g/mol. The molecule has 108 valence electrons. The van der Waals surface area contributed by atoms with Crippen LogP contribution in [0.15, 0.2) is 6.33 Å². The van der Waals surface area contributed by atoms with Crippen LogP contribution in [0.5, 0.6) is 0 Å². The highest BCUT2D eigenvalue weighted by molar-refractivity contribution is 5.56. The Hall–Kier alpha value is -1.40. The molecule has 1 rings (SSSR count). The van der Waals surface area contributed by atoms with E-state index in [1.165, 1.54) is 6.33 Å². The standard InChI is InChI=1S/C13H26N6/c1-5-10(3)19(4)8-7-15-12-11(6-2)13(18-14)17-9-16-12/h9-10H,5-8,14H2,1-4H3,(H2,15,16,17,18). The molecular formula is C13H26N6. The van der Waals surface area contributed by atoms with Gasteiger partial charge in [0.2, 0.25) is 0 Å². The smallest absolute Gasteiger partial charge is 0.148 e. The first-order valence-electron chi connectivity index (χ1n) is 6.88. The number of rotatable bonds is 8. The van der Waals surface area contributed by atoms with E-state index in [-0.39, 0.29) is 0 Å². The highest BCUT2D eigenvalue weighted by Gasteiger charge is 2.10. The first-order valence-corrected chi connectivity index (χ1v) is 6.88. The highest BCUT2D eigenvalue weighted by Crippen LogP contribution is 2.19. The Balaban J connectivity index is 2.58. The van der Waals surface area contributed by atoms with Crippen LogP contribution in [0.3, 0.4) is 0 Å². The summed E-state index contributed by atoms with van der Waals surface area (Å²) in [5, 5.41) is 3.36. The van der Waals surface area contributed by atoms with Crippen LogP contribution in [0.25, 0.3) is 0 Å². The second kappa shape index (κ2) is 7.91. The maximum atomic E-state index is 5.45. The van der Waals surface area contributed by atoms with Crippen LogP contribution in [-0.4, -0.2) is 41.0 Å². The fourth-order valence-corrected chi connectivity index (χ4v) is 1.91. The van der Waals surface area contributed by atoms with Gasteiger partial charge < -0.3 is 15.6 Å². The molecule has 0 bridgehead atoms. The maximum Gasteiger partial charge on any atom is 0.148 e. The normalized spacial score (nSPS) is 12.5. The number of aromatic nitrogens is 2. The Morgan fingerprint density at radius 1 is 1.32 bits per heavy atom. The first-order chi connectivity index (χ1) is 9.13. The summed E-state index contributed by atoms with van der Waals surface area (Å²) in [6.45, 7) is 8.34. The van der Waals surface area contributed by atoms with Crippen molar-refractivity contribution < 1.29 is 0 Å². The van der Waals surface area contributed by atoms with Crippen molar-refractivity contribution in [2.45, 2.75) is 39.7 Å². The Labute approximate surface area is 115 Å². The predicted molar refractivity (Wildman–Crippen MR) is 80.1 cm³/mol. The van der Waals surface area contributed by atoms with Gasteiger partial charge in [0.25, 0.3) is 0 Å². The molecular weight excluding hydrogens is 240 g/mol. The molecule has 0 aliphatic heterocycles. The quantitative estimate of drug-likeness (QED) is 0.488. The number of nitrogen functional groups attached to an aromatic ring is 1. The number of nitrogens with zero attached hydrogens (tertiary/aromatic N) is 3. The summed E-state index contributed by atoms with van der Waals surface area (Å²) in [6.07, 6.45) is 3.52. The summed E-state index contributed by atoms with van der Waals surface area (Å²) in [7, 11) is 2.14. The molecule has 19 heavy (non-hydrogen) atoms. The molecule has 6 heteroatoms. The summed E-state index contributed by atoms with van der Waals surface area (Å²) < 4.78 is 0. The molecule has 1 aromatic rings. The third kappa shape index (κ3) is 4.33. The zero-order valence-corrected chi connectivity index (χ0v) is 12.4. The van der Waals surface area contributed by atoms with Crippen LogP contribution in [0.1, 0.15) is 32.8 Å². The van der Waals surface area contributed by atoms with E-state index < -0.39 is 0 Å². The van der Waals surface area contributed by atoms with E-state index in [4.69, 9.17) is 5.84 Å². The second-order valence-electron chi connectivity index (χ2n) is 4.71. The lowest BCUT2D eigenvalue weighted by molar-refractivity contribution is 0.261. The summed E-state index contributed by atoms with van der Waals surface area (Å²) in [5.41, 5.74) is 3.64. The van der Waals surface area contributed by atoms with Gasteiger partial charge in [-0.1, -0.05) is 13.8 Å². The lowest BCUT2D eigenvalue weighted by Crippen LogP contribution is -2.33. The van der Waals surface area contributed by atoms with Gasteiger partial charge in [0.15, 0.2) is 0 Å². The molecule has 0 saturated heterocycles. The number of hydrazine groups is 1. The molecule has 1 aromatic heterocycles. The van der Waals surface area contributed by atoms with Crippen LogP contribution in [0.2, 0.25) is 0 Å². The predicted octanol–water partition coefficient (Wildman–Crippen LogP) is 1.47. The number of nitrogens with two attached hydrogens (primary N) is 1. The van der Waals surface area contributed by atoms with E-state index in [1.54, 1.807) is 0 Å². The molecule has 1 heterocycles. The Bertz CT molecular complexity index is 381.